The molecule has 0 amide bonds. The van der Waals surface area contributed by atoms with Gasteiger partial charge in [0.25, 0.3) is 5.56 Å². The van der Waals surface area contributed by atoms with Crippen LogP contribution >= 0.6 is 11.6 Å². The lowest BCUT2D eigenvalue weighted by Gasteiger charge is -2.13. The van der Waals surface area contributed by atoms with Crippen molar-refractivity contribution < 1.29 is 4.39 Å². The average molecular weight is 283 g/mol. The van der Waals surface area contributed by atoms with Crippen LogP contribution in [-0.4, -0.2) is 24.1 Å². The highest BCUT2D eigenvalue weighted by Crippen LogP contribution is 2.28. The van der Waals surface area contributed by atoms with E-state index < -0.39 is 11.4 Å². The number of halogens is 2. The Balaban J connectivity index is 2.70. The number of rotatable bonds is 2. The van der Waals surface area contributed by atoms with E-state index in [0.29, 0.717) is 5.95 Å². The van der Waals surface area contributed by atoms with E-state index in [9.17, 15) is 9.18 Å². The third-order valence-electron chi connectivity index (χ3n) is 2.58. The molecular weight excluding hydrogens is 271 g/mol. The maximum absolute atomic E-state index is 13.9. The summed E-state index contributed by atoms with van der Waals surface area (Å²) < 4.78 is 13.9. The van der Waals surface area contributed by atoms with Gasteiger partial charge < -0.3 is 10.6 Å². The van der Waals surface area contributed by atoms with Gasteiger partial charge in [0.05, 0.1) is 10.6 Å². The molecule has 0 aliphatic carbocycles. The lowest BCUT2D eigenvalue weighted by atomic mass is 10.1. The highest BCUT2D eigenvalue weighted by molar-refractivity contribution is 6.31. The van der Waals surface area contributed by atoms with Crippen LogP contribution in [0.2, 0.25) is 5.02 Å². The molecule has 0 saturated carbocycles. The van der Waals surface area contributed by atoms with Crippen molar-refractivity contribution in [2.24, 2.45) is 0 Å². The summed E-state index contributed by atoms with van der Waals surface area (Å²) in [5.41, 5.74) is 5.24. The quantitative estimate of drug-likeness (QED) is 0.882. The molecular formula is C12H12ClFN4O. The van der Waals surface area contributed by atoms with E-state index in [1.54, 1.807) is 25.1 Å². The van der Waals surface area contributed by atoms with Crippen LogP contribution in [0.1, 0.15) is 0 Å². The number of H-pyrrole nitrogens is 1. The summed E-state index contributed by atoms with van der Waals surface area (Å²) in [5.74, 6) is -0.442. The zero-order valence-electron chi connectivity index (χ0n) is 10.4. The minimum atomic E-state index is -0.694. The second-order valence-electron chi connectivity index (χ2n) is 4.15. The minimum absolute atomic E-state index is 0.0226. The molecule has 0 atom stereocenters. The number of nitrogens with zero attached hydrogens (tertiary/aromatic N) is 2. The van der Waals surface area contributed by atoms with Gasteiger partial charge in [0.2, 0.25) is 5.95 Å². The fraction of sp³-hybridized carbons (Fsp3) is 0.167. The lowest BCUT2D eigenvalue weighted by molar-refractivity contribution is 0.631. The van der Waals surface area contributed by atoms with Gasteiger partial charge in [0.1, 0.15) is 11.6 Å². The summed E-state index contributed by atoms with van der Waals surface area (Å²) in [6.45, 7) is 0. The zero-order chi connectivity index (χ0) is 14.2. The Kier molecular flexibility index (Phi) is 3.44. The summed E-state index contributed by atoms with van der Waals surface area (Å²) in [7, 11) is 3.41. The van der Waals surface area contributed by atoms with Crippen LogP contribution < -0.4 is 16.2 Å². The van der Waals surface area contributed by atoms with Gasteiger partial charge in [-0.25, -0.2) is 4.39 Å². The molecule has 0 aliphatic rings. The third kappa shape index (κ3) is 2.39. The smallest absolute Gasteiger partial charge is 0.262 e. The van der Waals surface area contributed by atoms with Crippen LogP contribution in [0.15, 0.2) is 23.0 Å². The number of nitrogens with one attached hydrogen (secondary N) is 1. The van der Waals surface area contributed by atoms with Crippen molar-refractivity contribution >= 4 is 23.4 Å². The van der Waals surface area contributed by atoms with Gasteiger partial charge >= 0.3 is 0 Å². The molecule has 0 unspecified atom stereocenters. The van der Waals surface area contributed by atoms with Gasteiger partial charge in [-0.2, -0.15) is 4.98 Å². The first kappa shape index (κ1) is 13.4. The Morgan fingerprint density at radius 1 is 1.42 bits per heavy atom. The van der Waals surface area contributed by atoms with Crippen molar-refractivity contribution in [2.75, 3.05) is 24.7 Å². The zero-order valence-corrected chi connectivity index (χ0v) is 11.1. The molecule has 1 heterocycles. The van der Waals surface area contributed by atoms with Gasteiger partial charge in [-0.05, 0) is 6.07 Å². The van der Waals surface area contributed by atoms with Crippen molar-refractivity contribution in [3.8, 4) is 11.1 Å². The molecule has 0 spiro atoms. The van der Waals surface area contributed by atoms with E-state index in [-0.39, 0.29) is 22.0 Å². The predicted octanol–water partition coefficient (Wildman–Crippen LogP) is 1.88. The van der Waals surface area contributed by atoms with E-state index in [1.807, 2.05) is 0 Å². The van der Waals surface area contributed by atoms with Gasteiger partial charge in [-0.15, -0.1) is 0 Å². The first-order chi connectivity index (χ1) is 8.91. The van der Waals surface area contributed by atoms with Gasteiger partial charge in [-0.3, -0.25) is 9.78 Å². The number of aromatic amines is 1. The molecule has 100 valence electrons. The molecule has 2 rings (SSSR count). The van der Waals surface area contributed by atoms with E-state index in [1.165, 1.54) is 12.1 Å². The fourth-order valence-corrected chi connectivity index (χ4v) is 1.82. The van der Waals surface area contributed by atoms with E-state index in [4.69, 9.17) is 17.3 Å². The molecule has 0 bridgehead atoms. The Morgan fingerprint density at radius 3 is 2.68 bits per heavy atom. The van der Waals surface area contributed by atoms with Crippen molar-refractivity contribution in [3.63, 3.8) is 0 Å². The van der Waals surface area contributed by atoms with E-state index in [2.05, 4.69) is 9.97 Å². The summed E-state index contributed by atoms with van der Waals surface area (Å²) in [5, 5.41) is -0.0759. The first-order valence-corrected chi connectivity index (χ1v) is 5.81. The van der Waals surface area contributed by atoms with Crippen LogP contribution in [0.5, 0.6) is 0 Å². The highest BCUT2D eigenvalue weighted by atomic mass is 35.5. The minimum Gasteiger partial charge on any atom is -0.383 e. The maximum Gasteiger partial charge on any atom is 0.262 e. The Bertz CT molecular complexity index is 684. The third-order valence-corrected chi connectivity index (χ3v) is 2.87. The predicted molar refractivity (Wildman–Crippen MR) is 74.0 cm³/mol. The number of aromatic nitrogens is 2. The standard InChI is InChI=1S/C12H12ClFN4O/c1-18(2)12-16-10(15)8(11(19)17-12)6-4-3-5-7(13)9(6)14/h3-5H,1-2H3,(H3,15,16,17,19). The Hall–Kier alpha value is -2.08. The molecule has 3 N–H and O–H groups in total. The molecule has 5 nitrogen and oxygen atoms in total. The summed E-state index contributed by atoms with van der Waals surface area (Å²) in [6.07, 6.45) is 0. The van der Waals surface area contributed by atoms with Crippen molar-refractivity contribution in [2.45, 2.75) is 0 Å². The van der Waals surface area contributed by atoms with Crippen LogP contribution in [0, 0.1) is 5.82 Å². The molecule has 0 aliphatic heterocycles. The molecule has 0 saturated heterocycles. The number of hydrogen-bond donors (Lipinski definition) is 2. The normalized spacial score (nSPS) is 10.5. The fourth-order valence-electron chi connectivity index (χ4n) is 1.65. The van der Waals surface area contributed by atoms with E-state index >= 15 is 0 Å². The maximum atomic E-state index is 13.9. The Labute approximate surface area is 113 Å². The summed E-state index contributed by atoms with van der Waals surface area (Å²) in [6, 6.07) is 4.37. The van der Waals surface area contributed by atoms with Crippen molar-refractivity contribution in [1.29, 1.82) is 0 Å². The molecule has 0 radical (unpaired) electrons. The number of anilines is 2. The molecule has 0 fully saturated rings. The Morgan fingerprint density at radius 2 is 2.11 bits per heavy atom. The second-order valence-corrected chi connectivity index (χ2v) is 4.55. The number of hydrogen-bond acceptors (Lipinski definition) is 4. The van der Waals surface area contributed by atoms with E-state index in [0.717, 1.165) is 0 Å². The van der Waals surface area contributed by atoms with Gasteiger partial charge in [-0.1, -0.05) is 23.7 Å². The summed E-state index contributed by atoms with van der Waals surface area (Å²) >= 11 is 5.69. The molecule has 19 heavy (non-hydrogen) atoms. The number of nitrogens with two attached hydrogens (primary N) is 1. The SMILES string of the molecule is CN(C)c1nc(N)c(-c2cccc(Cl)c2F)c(=O)[nH]1. The highest BCUT2D eigenvalue weighted by Gasteiger charge is 2.17. The number of benzene rings is 1. The second kappa shape index (κ2) is 4.89. The first-order valence-electron chi connectivity index (χ1n) is 5.43. The average Bonchev–Trinajstić information content (AvgIpc) is 2.33. The van der Waals surface area contributed by atoms with Gasteiger partial charge in [0.15, 0.2) is 0 Å². The largest absolute Gasteiger partial charge is 0.383 e. The lowest BCUT2D eigenvalue weighted by Crippen LogP contribution is -2.21. The molecule has 1 aromatic carbocycles. The summed E-state index contributed by atoms with van der Waals surface area (Å²) in [4.78, 5) is 20.2. The van der Waals surface area contributed by atoms with Crippen LogP contribution in [0.3, 0.4) is 0 Å². The molecule has 7 heteroatoms. The monoisotopic (exact) mass is 282 g/mol. The molecule has 2 aromatic rings. The topological polar surface area (TPSA) is 75.0 Å². The van der Waals surface area contributed by atoms with Crippen LogP contribution in [-0.2, 0) is 0 Å². The van der Waals surface area contributed by atoms with Crippen LogP contribution in [0.4, 0.5) is 16.2 Å². The van der Waals surface area contributed by atoms with Crippen molar-refractivity contribution in [3.05, 3.63) is 39.4 Å². The van der Waals surface area contributed by atoms with Crippen LogP contribution in [0.25, 0.3) is 11.1 Å². The van der Waals surface area contributed by atoms with Crippen molar-refractivity contribution in [1.82, 2.24) is 9.97 Å². The number of nitrogen functional groups attached to an aromatic ring is 1. The van der Waals surface area contributed by atoms with Gasteiger partial charge in [0, 0.05) is 19.7 Å². The molecule has 1 aromatic heterocycles.